The number of benzene rings is 2. The van der Waals surface area contributed by atoms with E-state index in [4.69, 9.17) is 17.3 Å². The number of nitrogens with two attached hydrogens (primary N) is 1. The monoisotopic (exact) mass is 410 g/mol. The van der Waals surface area contributed by atoms with E-state index < -0.39 is 6.04 Å². The molecule has 152 valence electrons. The van der Waals surface area contributed by atoms with Crippen LogP contribution in [-0.2, 0) is 17.6 Å². The van der Waals surface area contributed by atoms with Crippen LogP contribution in [0.5, 0.6) is 0 Å². The molecule has 29 heavy (non-hydrogen) atoms. The number of hydrogen-bond acceptors (Lipinski definition) is 3. The Morgan fingerprint density at radius 1 is 1.31 bits per heavy atom. The van der Waals surface area contributed by atoms with E-state index in [-0.39, 0.29) is 5.91 Å². The normalized spacial score (nSPS) is 17.6. The minimum Gasteiger partial charge on any atom is -0.361 e. The highest BCUT2D eigenvalue weighted by Gasteiger charge is 2.32. The predicted molar refractivity (Wildman–Crippen MR) is 120 cm³/mol. The number of carbonyl (C=O) groups excluding carboxylic acids is 1. The minimum absolute atomic E-state index is 0.0535. The molecule has 4 rings (SSSR count). The summed E-state index contributed by atoms with van der Waals surface area (Å²) < 4.78 is 0. The van der Waals surface area contributed by atoms with E-state index in [9.17, 15) is 4.79 Å². The van der Waals surface area contributed by atoms with Gasteiger partial charge in [0.05, 0.1) is 6.04 Å². The van der Waals surface area contributed by atoms with Crippen LogP contribution in [-0.4, -0.2) is 49.0 Å². The van der Waals surface area contributed by atoms with Crippen LogP contribution in [0.15, 0.2) is 48.7 Å². The third-order valence-corrected chi connectivity index (χ3v) is 5.84. The molecule has 1 aliphatic heterocycles. The lowest BCUT2D eigenvalue weighted by molar-refractivity contribution is -0.120. The van der Waals surface area contributed by atoms with Gasteiger partial charge in [-0.1, -0.05) is 35.9 Å². The van der Waals surface area contributed by atoms with Crippen LogP contribution in [0.4, 0.5) is 5.69 Å². The van der Waals surface area contributed by atoms with Gasteiger partial charge in [-0.25, -0.2) is 0 Å². The molecule has 1 aliphatic rings. The molecule has 3 N–H and O–H groups in total. The van der Waals surface area contributed by atoms with E-state index in [1.54, 1.807) is 0 Å². The number of rotatable bonds is 5. The van der Waals surface area contributed by atoms with Gasteiger partial charge in [-0.15, -0.1) is 0 Å². The average molecular weight is 411 g/mol. The van der Waals surface area contributed by atoms with Crippen LogP contribution >= 0.6 is 11.6 Å². The van der Waals surface area contributed by atoms with Crippen molar-refractivity contribution in [2.24, 2.45) is 11.7 Å². The first kappa shape index (κ1) is 20.0. The molecule has 3 aromatic rings. The van der Waals surface area contributed by atoms with E-state index in [2.05, 4.69) is 30.0 Å². The molecule has 0 fully saturated rings. The van der Waals surface area contributed by atoms with Gasteiger partial charge in [0, 0.05) is 40.9 Å². The highest BCUT2D eigenvalue weighted by molar-refractivity contribution is 6.31. The zero-order valence-electron chi connectivity index (χ0n) is 16.9. The Bertz CT molecular complexity index is 1030. The van der Waals surface area contributed by atoms with Gasteiger partial charge in [0.25, 0.3) is 0 Å². The number of nitrogens with zero attached hydrogens (tertiary/aromatic N) is 2. The van der Waals surface area contributed by atoms with Crippen molar-refractivity contribution in [3.05, 3.63) is 64.8 Å². The largest absolute Gasteiger partial charge is 0.361 e. The van der Waals surface area contributed by atoms with Crippen LogP contribution in [0.3, 0.4) is 0 Å². The number of H-pyrrole nitrogens is 1. The number of carbonyl (C=O) groups is 1. The lowest BCUT2D eigenvalue weighted by atomic mass is 9.91. The van der Waals surface area contributed by atoms with Crippen LogP contribution < -0.4 is 10.6 Å². The third kappa shape index (κ3) is 4.17. The number of halogens is 1. The van der Waals surface area contributed by atoms with Crippen molar-refractivity contribution < 1.29 is 4.79 Å². The molecule has 0 aliphatic carbocycles. The number of hydrogen-bond donors (Lipinski definition) is 2. The van der Waals surface area contributed by atoms with Crippen molar-refractivity contribution >= 4 is 34.1 Å². The number of aromatic nitrogens is 1. The quantitative estimate of drug-likeness (QED) is 0.677. The van der Waals surface area contributed by atoms with Gasteiger partial charge in [-0.2, -0.15) is 0 Å². The molecule has 5 nitrogen and oxygen atoms in total. The van der Waals surface area contributed by atoms with Crippen molar-refractivity contribution in [3.63, 3.8) is 0 Å². The fraction of sp³-hybridized carbons (Fsp3) is 0.348. The highest BCUT2D eigenvalue weighted by Crippen LogP contribution is 2.33. The molecule has 6 heteroatoms. The van der Waals surface area contributed by atoms with Crippen molar-refractivity contribution in [3.8, 4) is 0 Å². The number of amides is 1. The minimum atomic E-state index is -0.612. The Hall–Kier alpha value is -2.34. The Morgan fingerprint density at radius 2 is 2.10 bits per heavy atom. The first-order valence-electron chi connectivity index (χ1n) is 9.97. The topological polar surface area (TPSA) is 65.4 Å². The van der Waals surface area contributed by atoms with Gasteiger partial charge in [0.15, 0.2) is 0 Å². The molecule has 2 aromatic carbocycles. The van der Waals surface area contributed by atoms with E-state index in [0.29, 0.717) is 23.9 Å². The number of para-hydroxylation sites is 1. The fourth-order valence-electron chi connectivity index (χ4n) is 4.37. The second kappa shape index (κ2) is 8.19. The summed E-state index contributed by atoms with van der Waals surface area (Å²) in [6.45, 7) is 1.58. The number of aromatic amines is 1. The van der Waals surface area contributed by atoms with Gasteiger partial charge in [-0.05, 0) is 62.2 Å². The molecule has 1 unspecified atom stereocenters. The predicted octanol–water partition coefficient (Wildman–Crippen LogP) is 3.46. The fourth-order valence-corrected chi connectivity index (χ4v) is 4.53. The third-order valence-electron chi connectivity index (χ3n) is 5.61. The molecule has 0 radical (unpaired) electrons. The van der Waals surface area contributed by atoms with Crippen molar-refractivity contribution in [2.45, 2.75) is 18.9 Å². The summed E-state index contributed by atoms with van der Waals surface area (Å²) in [4.78, 5) is 20.7. The first-order chi connectivity index (χ1) is 13.9. The van der Waals surface area contributed by atoms with Gasteiger partial charge >= 0.3 is 0 Å². The van der Waals surface area contributed by atoms with Gasteiger partial charge in [-0.3, -0.25) is 4.79 Å². The second-order valence-corrected chi connectivity index (χ2v) is 8.66. The maximum Gasteiger partial charge on any atom is 0.244 e. The first-order valence-corrected chi connectivity index (χ1v) is 10.4. The molecule has 2 heterocycles. The number of anilines is 1. The molecular weight excluding hydrogens is 384 g/mol. The van der Waals surface area contributed by atoms with Crippen LogP contribution in [0, 0.1) is 5.92 Å². The summed E-state index contributed by atoms with van der Waals surface area (Å²) in [7, 11) is 4.12. The highest BCUT2D eigenvalue weighted by atomic mass is 35.5. The summed E-state index contributed by atoms with van der Waals surface area (Å²) >= 11 is 6.25. The number of nitrogens with one attached hydrogen (secondary N) is 1. The summed E-state index contributed by atoms with van der Waals surface area (Å²) in [5.41, 5.74) is 10.6. The Labute approximate surface area is 176 Å². The second-order valence-electron chi connectivity index (χ2n) is 8.22. The van der Waals surface area contributed by atoms with Gasteiger partial charge in [0.1, 0.15) is 0 Å². The summed E-state index contributed by atoms with van der Waals surface area (Å²) in [6.07, 6.45) is 3.38. The number of fused-ring (bicyclic) bond motifs is 2. The zero-order valence-corrected chi connectivity index (χ0v) is 17.6. The summed E-state index contributed by atoms with van der Waals surface area (Å²) in [5.74, 6) is 0.310. The molecule has 0 saturated heterocycles. The van der Waals surface area contributed by atoms with E-state index >= 15 is 0 Å². The maximum atomic E-state index is 13.4. The lowest BCUT2D eigenvalue weighted by Crippen LogP contribution is -2.50. The van der Waals surface area contributed by atoms with Gasteiger partial charge < -0.3 is 20.5 Å². The zero-order chi connectivity index (χ0) is 20.5. The van der Waals surface area contributed by atoms with Crippen molar-refractivity contribution in [2.75, 3.05) is 32.1 Å². The molecule has 0 bridgehead atoms. The van der Waals surface area contributed by atoms with E-state index in [1.807, 2.05) is 47.5 Å². The standard InChI is InChI=1S/C23H27ClN4O/c1-27(2)13-15-9-16-7-8-18(24)11-22(16)28(14-15)23(29)20(25)10-17-12-26-21-6-4-3-5-19(17)21/h3-8,11-12,15,20,26H,9-10,13-14,25H2,1-2H3/t15?,20-/m1/s1. The Morgan fingerprint density at radius 3 is 2.90 bits per heavy atom. The van der Waals surface area contributed by atoms with E-state index in [1.165, 1.54) is 0 Å². The Kier molecular flexibility index (Phi) is 5.63. The van der Waals surface area contributed by atoms with Gasteiger partial charge in [0.2, 0.25) is 5.91 Å². The molecule has 1 amide bonds. The molecule has 1 aromatic heterocycles. The lowest BCUT2D eigenvalue weighted by Gasteiger charge is -2.37. The molecule has 2 atom stereocenters. The van der Waals surface area contributed by atoms with Crippen LogP contribution in [0.2, 0.25) is 5.02 Å². The van der Waals surface area contributed by atoms with Crippen molar-refractivity contribution in [1.82, 2.24) is 9.88 Å². The van der Waals surface area contributed by atoms with E-state index in [0.717, 1.165) is 40.7 Å². The SMILES string of the molecule is CN(C)CC1Cc2ccc(Cl)cc2N(C(=O)[C@H](N)Cc2c[nH]c3ccccc23)C1. The molecular formula is C23H27ClN4O. The average Bonchev–Trinajstić information content (AvgIpc) is 3.09. The molecule has 0 spiro atoms. The van der Waals surface area contributed by atoms with Crippen LogP contribution in [0.25, 0.3) is 10.9 Å². The molecule has 0 saturated carbocycles. The summed E-state index contributed by atoms with van der Waals surface area (Å²) in [6, 6.07) is 13.3. The van der Waals surface area contributed by atoms with Crippen LogP contribution in [0.1, 0.15) is 11.1 Å². The Balaban J connectivity index is 1.59. The summed E-state index contributed by atoms with van der Waals surface area (Å²) in [5, 5.41) is 1.75. The van der Waals surface area contributed by atoms with Crippen molar-refractivity contribution in [1.29, 1.82) is 0 Å². The maximum absolute atomic E-state index is 13.4. The smallest absolute Gasteiger partial charge is 0.244 e.